The van der Waals surface area contributed by atoms with Crippen LogP contribution in [-0.2, 0) is 0 Å². The minimum absolute atomic E-state index is 0.195. The number of pyridine rings is 1. The van der Waals surface area contributed by atoms with Gasteiger partial charge in [-0.05, 0) is 73.2 Å². The van der Waals surface area contributed by atoms with Gasteiger partial charge >= 0.3 is 0 Å². The van der Waals surface area contributed by atoms with Gasteiger partial charge in [0.15, 0.2) is 16.6 Å². The van der Waals surface area contributed by atoms with Crippen molar-refractivity contribution in [1.82, 2.24) is 10.3 Å². The molecule has 2 aliphatic rings. The first-order valence-corrected chi connectivity index (χ1v) is 12.1. The predicted molar refractivity (Wildman–Crippen MR) is 137 cm³/mol. The lowest BCUT2D eigenvalue weighted by Gasteiger charge is -2.26. The van der Waals surface area contributed by atoms with Crippen LogP contribution in [0.15, 0.2) is 81.8 Å². The van der Waals surface area contributed by atoms with Gasteiger partial charge in [0.2, 0.25) is 6.79 Å². The number of furan rings is 1. The Morgan fingerprint density at radius 2 is 1.91 bits per heavy atom. The second-order valence-electron chi connectivity index (χ2n) is 8.22. The summed E-state index contributed by atoms with van der Waals surface area (Å²) in [4.78, 5) is 6.66. The molecule has 1 fully saturated rings. The number of nitrogens with zero attached hydrogens (tertiary/aromatic N) is 2. The maximum atomic E-state index is 6.46. The van der Waals surface area contributed by atoms with Crippen LogP contribution in [-0.4, -0.2) is 16.9 Å². The first-order chi connectivity index (χ1) is 16.6. The van der Waals surface area contributed by atoms with Crippen molar-refractivity contribution in [2.75, 3.05) is 11.7 Å². The zero-order chi connectivity index (χ0) is 23.2. The maximum Gasteiger partial charge on any atom is 0.231 e. The molecule has 0 amide bonds. The highest BCUT2D eigenvalue weighted by Crippen LogP contribution is 2.45. The zero-order valence-electron chi connectivity index (χ0n) is 18.2. The molecule has 0 bridgehead atoms. The fourth-order valence-corrected chi connectivity index (χ4v) is 5.47. The summed E-state index contributed by atoms with van der Waals surface area (Å²) in [6.45, 7) is 2.28. The average Bonchev–Trinajstić information content (AvgIpc) is 3.57. The van der Waals surface area contributed by atoms with Crippen LogP contribution in [0.25, 0.3) is 11.3 Å². The molecular weight excluding hydrogens is 514 g/mol. The third kappa shape index (κ3) is 3.63. The first-order valence-electron chi connectivity index (χ1n) is 10.8. The van der Waals surface area contributed by atoms with Gasteiger partial charge in [-0.25, -0.2) is 0 Å². The average molecular weight is 534 g/mol. The van der Waals surface area contributed by atoms with E-state index in [1.165, 1.54) is 5.56 Å². The van der Waals surface area contributed by atoms with Gasteiger partial charge in [-0.15, -0.1) is 0 Å². The Hall–Kier alpha value is -3.36. The van der Waals surface area contributed by atoms with E-state index in [1.807, 2.05) is 48.5 Å². The monoisotopic (exact) mass is 533 g/mol. The molecule has 4 heterocycles. The number of ether oxygens (including phenoxy) is 2. The molecule has 2 aromatic heterocycles. The molecule has 170 valence electrons. The van der Waals surface area contributed by atoms with E-state index >= 15 is 0 Å². The number of aryl methyl sites for hydroxylation is 1. The van der Waals surface area contributed by atoms with Crippen LogP contribution < -0.4 is 19.7 Å². The minimum Gasteiger partial charge on any atom is -0.459 e. The molecule has 0 aliphatic carbocycles. The zero-order valence-corrected chi connectivity index (χ0v) is 20.6. The van der Waals surface area contributed by atoms with Crippen molar-refractivity contribution in [3.05, 3.63) is 94.4 Å². The topological polar surface area (TPSA) is 59.8 Å². The van der Waals surface area contributed by atoms with E-state index in [1.54, 1.807) is 6.20 Å². The molecule has 0 saturated carbocycles. The van der Waals surface area contributed by atoms with E-state index in [9.17, 15) is 0 Å². The highest BCUT2D eigenvalue weighted by Gasteiger charge is 2.43. The predicted octanol–water partition coefficient (Wildman–Crippen LogP) is 6.32. The Morgan fingerprint density at radius 1 is 1.03 bits per heavy atom. The Balaban J connectivity index is 1.45. The molecule has 0 spiro atoms. The second-order valence-corrected chi connectivity index (χ2v) is 9.46. The lowest BCUT2D eigenvalue weighted by molar-refractivity contribution is 0.174. The summed E-state index contributed by atoms with van der Waals surface area (Å²) in [7, 11) is 0. The first kappa shape index (κ1) is 21.2. The number of fused-ring (bicyclic) bond motifs is 1. The summed E-state index contributed by atoms with van der Waals surface area (Å²) >= 11 is 9.48. The van der Waals surface area contributed by atoms with Crippen molar-refractivity contribution in [1.29, 1.82) is 0 Å². The van der Waals surface area contributed by atoms with E-state index in [2.05, 4.69) is 56.3 Å². The number of benzene rings is 2. The summed E-state index contributed by atoms with van der Waals surface area (Å²) in [5, 5.41) is 4.05. The van der Waals surface area contributed by atoms with Gasteiger partial charge in [0.25, 0.3) is 0 Å². The third-order valence-electron chi connectivity index (χ3n) is 6.04. The second kappa shape index (κ2) is 8.45. The van der Waals surface area contributed by atoms with Crippen LogP contribution in [0.2, 0.25) is 0 Å². The van der Waals surface area contributed by atoms with Gasteiger partial charge < -0.3 is 24.1 Å². The molecule has 34 heavy (non-hydrogen) atoms. The van der Waals surface area contributed by atoms with Crippen LogP contribution in [0.3, 0.4) is 0 Å². The van der Waals surface area contributed by atoms with E-state index in [4.69, 9.17) is 26.1 Å². The number of hydrogen-bond acceptors (Lipinski definition) is 5. The van der Waals surface area contributed by atoms with Gasteiger partial charge in [-0.1, -0.05) is 28.1 Å². The highest BCUT2D eigenvalue weighted by atomic mass is 79.9. The molecule has 0 radical (unpaired) electrons. The minimum atomic E-state index is -0.249. The molecule has 8 heteroatoms. The largest absolute Gasteiger partial charge is 0.459 e. The van der Waals surface area contributed by atoms with Crippen LogP contribution >= 0.6 is 28.1 Å². The molecule has 1 N–H and O–H groups in total. The number of hydrogen-bond donors (Lipinski definition) is 1. The summed E-state index contributed by atoms with van der Waals surface area (Å²) in [5.41, 5.74) is 3.94. The Kier molecular flexibility index (Phi) is 5.27. The third-order valence-corrected chi connectivity index (χ3v) is 7.01. The Labute approximate surface area is 210 Å². The summed E-state index contributed by atoms with van der Waals surface area (Å²) in [6.07, 6.45) is 1.79. The smallest absolute Gasteiger partial charge is 0.231 e. The number of thiocarbonyl (C=S) groups is 1. The van der Waals surface area contributed by atoms with Crippen molar-refractivity contribution in [3.8, 4) is 22.8 Å². The fraction of sp³-hybridized carbons (Fsp3) is 0.154. The van der Waals surface area contributed by atoms with Crippen LogP contribution in [0.1, 0.15) is 29.1 Å². The normalized spacial score (nSPS) is 18.9. The van der Waals surface area contributed by atoms with Crippen LogP contribution in [0, 0.1) is 6.92 Å². The van der Waals surface area contributed by atoms with Crippen molar-refractivity contribution in [2.24, 2.45) is 0 Å². The molecule has 6 nitrogen and oxygen atoms in total. The number of halogens is 1. The summed E-state index contributed by atoms with van der Waals surface area (Å²) in [6, 6.07) is 21.5. The standard InChI is InChI=1S/C26H20BrN3O3S/c1-15-5-7-17(18(27)12-15)20-9-10-22(33-20)25-24(19-4-2-3-11-28-19)29-26(34)30(25)16-6-8-21-23(13-16)32-14-31-21/h2-13,24-25H,14H2,1H3,(H,29,34)/t24-,25+/m0/s1. The van der Waals surface area contributed by atoms with Gasteiger partial charge in [-0.2, -0.15) is 0 Å². The van der Waals surface area contributed by atoms with Crippen molar-refractivity contribution in [2.45, 2.75) is 19.0 Å². The highest BCUT2D eigenvalue weighted by molar-refractivity contribution is 9.10. The molecular formula is C26H20BrN3O3S. The van der Waals surface area contributed by atoms with Crippen molar-refractivity contribution in [3.63, 3.8) is 0 Å². The molecule has 2 aromatic carbocycles. The number of anilines is 1. The number of aromatic nitrogens is 1. The Morgan fingerprint density at radius 3 is 2.74 bits per heavy atom. The summed E-state index contributed by atoms with van der Waals surface area (Å²) < 4.78 is 18.6. The number of nitrogens with one attached hydrogen (secondary N) is 1. The molecule has 1 saturated heterocycles. The van der Waals surface area contributed by atoms with E-state index in [0.717, 1.165) is 38.7 Å². The Bertz CT molecular complexity index is 1390. The molecule has 6 rings (SSSR count). The quantitative estimate of drug-likeness (QED) is 0.308. The molecule has 0 unspecified atom stereocenters. The van der Waals surface area contributed by atoms with Crippen LogP contribution in [0.5, 0.6) is 11.5 Å². The van der Waals surface area contributed by atoms with Gasteiger partial charge in [0, 0.05) is 28.0 Å². The molecule has 2 aliphatic heterocycles. The van der Waals surface area contributed by atoms with Crippen LogP contribution in [0.4, 0.5) is 5.69 Å². The lowest BCUT2D eigenvalue weighted by atomic mass is 10.0. The summed E-state index contributed by atoms with van der Waals surface area (Å²) in [5.74, 6) is 2.99. The maximum absolute atomic E-state index is 6.46. The number of rotatable bonds is 4. The van der Waals surface area contributed by atoms with Crippen molar-refractivity contribution < 1.29 is 13.9 Å². The van der Waals surface area contributed by atoms with Gasteiger partial charge in [0.05, 0.1) is 11.7 Å². The molecule has 2 atom stereocenters. The fourth-order valence-electron chi connectivity index (χ4n) is 4.43. The molecule has 4 aromatic rings. The van der Waals surface area contributed by atoms with E-state index in [-0.39, 0.29) is 18.9 Å². The van der Waals surface area contributed by atoms with Gasteiger partial charge in [0.1, 0.15) is 17.6 Å². The lowest BCUT2D eigenvalue weighted by Crippen LogP contribution is -2.29. The SMILES string of the molecule is Cc1ccc(-c2ccc([C@@H]3[C@H](c4ccccn4)NC(=S)N3c3ccc4c(c3)OCO4)o2)c(Br)c1. The van der Waals surface area contributed by atoms with Gasteiger partial charge in [-0.3, -0.25) is 4.98 Å². The van der Waals surface area contributed by atoms with E-state index < -0.39 is 0 Å². The van der Waals surface area contributed by atoms with E-state index in [0.29, 0.717) is 10.9 Å². The van der Waals surface area contributed by atoms with Crippen molar-refractivity contribution >= 4 is 38.9 Å².